The van der Waals surface area contributed by atoms with E-state index in [1.807, 2.05) is 41.4 Å². The molecule has 1 amide bonds. The van der Waals surface area contributed by atoms with Crippen molar-refractivity contribution in [3.63, 3.8) is 0 Å². The summed E-state index contributed by atoms with van der Waals surface area (Å²) in [5.74, 6) is 0.474. The number of hydrogen-bond acceptors (Lipinski definition) is 4. The number of carbonyl (C=O) groups is 1. The molecule has 2 aromatic heterocycles. The zero-order chi connectivity index (χ0) is 16.5. The molecule has 122 valence electrons. The Morgan fingerprint density at radius 2 is 2.21 bits per heavy atom. The standard InChI is InChI=1S/C19H19N3OS/c1-13-11-21-18(24-13)16-5-3-9-22(12-16)19(23)15-6-7-17-14(10-15)4-2-8-20-17/h2,4,6-8,10-11,16H,3,5,9,12H2,1H3/t16-/m0/s1. The van der Waals surface area contributed by atoms with E-state index in [4.69, 9.17) is 0 Å². The Hall–Kier alpha value is -2.27. The maximum Gasteiger partial charge on any atom is 0.253 e. The first-order chi connectivity index (χ1) is 11.7. The molecule has 5 heteroatoms. The average Bonchev–Trinajstić information content (AvgIpc) is 3.07. The molecule has 0 saturated carbocycles. The number of amides is 1. The molecule has 0 unspecified atom stereocenters. The molecule has 1 atom stereocenters. The van der Waals surface area contributed by atoms with Crippen molar-refractivity contribution in [2.75, 3.05) is 13.1 Å². The smallest absolute Gasteiger partial charge is 0.253 e. The predicted molar refractivity (Wildman–Crippen MR) is 96.5 cm³/mol. The lowest BCUT2D eigenvalue weighted by atomic mass is 9.98. The molecule has 1 aromatic carbocycles. The highest BCUT2D eigenvalue weighted by Gasteiger charge is 2.27. The van der Waals surface area contributed by atoms with Gasteiger partial charge in [-0.25, -0.2) is 4.98 Å². The third-order valence-electron chi connectivity index (χ3n) is 4.55. The second kappa shape index (κ2) is 6.32. The number of likely N-dealkylation sites (tertiary alicyclic amines) is 1. The Morgan fingerprint density at radius 3 is 3.04 bits per heavy atom. The van der Waals surface area contributed by atoms with Crippen molar-refractivity contribution in [1.29, 1.82) is 0 Å². The first kappa shape index (κ1) is 15.3. The molecule has 0 spiro atoms. The molecule has 24 heavy (non-hydrogen) atoms. The van der Waals surface area contributed by atoms with Crippen LogP contribution in [0.15, 0.2) is 42.7 Å². The average molecular weight is 337 g/mol. The highest BCUT2D eigenvalue weighted by Crippen LogP contribution is 2.30. The van der Waals surface area contributed by atoms with Gasteiger partial charge in [-0.1, -0.05) is 6.07 Å². The van der Waals surface area contributed by atoms with Crippen molar-refractivity contribution in [3.05, 3.63) is 58.2 Å². The normalized spacial score (nSPS) is 18.0. The number of carbonyl (C=O) groups excluding carboxylic acids is 1. The van der Waals surface area contributed by atoms with Gasteiger partial charge in [-0.2, -0.15) is 0 Å². The van der Waals surface area contributed by atoms with Crippen molar-refractivity contribution < 1.29 is 4.79 Å². The van der Waals surface area contributed by atoms with Gasteiger partial charge < -0.3 is 4.90 Å². The maximum absolute atomic E-state index is 12.9. The molecule has 0 aliphatic carbocycles. The summed E-state index contributed by atoms with van der Waals surface area (Å²) in [6.45, 7) is 3.66. The summed E-state index contributed by atoms with van der Waals surface area (Å²) < 4.78 is 0. The lowest BCUT2D eigenvalue weighted by Gasteiger charge is -2.32. The van der Waals surface area contributed by atoms with Gasteiger partial charge in [-0.3, -0.25) is 9.78 Å². The van der Waals surface area contributed by atoms with Gasteiger partial charge in [0.1, 0.15) is 0 Å². The number of aromatic nitrogens is 2. The van der Waals surface area contributed by atoms with E-state index in [-0.39, 0.29) is 5.91 Å². The van der Waals surface area contributed by atoms with Crippen LogP contribution in [-0.2, 0) is 0 Å². The van der Waals surface area contributed by atoms with E-state index in [0.29, 0.717) is 5.92 Å². The van der Waals surface area contributed by atoms with Crippen molar-refractivity contribution in [2.24, 2.45) is 0 Å². The molecule has 1 fully saturated rings. The molecule has 3 aromatic rings. The number of hydrogen-bond donors (Lipinski definition) is 0. The monoisotopic (exact) mass is 337 g/mol. The zero-order valence-corrected chi connectivity index (χ0v) is 14.4. The van der Waals surface area contributed by atoms with Gasteiger partial charge in [0.2, 0.25) is 0 Å². The van der Waals surface area contributed by atoms with Crippen LogP contribution in [0.1, 0.15) is 39.0 Å². The molecular formula is C19H19N3OS. The molecule has 1 aliphatic rings. The zero-order valence-electron chi connectivity index (χ0n) is 13.6. The first-order valence-electron chi connectivity index (χ1n) is 8.27. The molecule has 4 nitrogen and oxygen atoms in total. The van der Waals surface area contributed by atoms with E-state index in [2.05, 4.69) is 16.9 Å². The van der Waals surface area contributed by atoms with E-state index >= 15 is 0 Å². The molecule has 0 radical (unpaired) electrons. The second-order valence-corrected chi connectivity index (χ2v) is 7.58. The number of rotatable bonds is 2. The van der Waals surface area contributed by atoms with Gasteiger partial charge in [0, 0.05) is 47.2 Å². The van der Waals surface area contributed by atoms with Crippen LogP contribution in [-0.4, -0.2) is 33.9 Å². The van der Waals surface area contributed by atoms with Crippen LogP contribution in [0.4, 0.5) is 0 Å². The number of fused-ring (bicyclic) bond motifs is 1. The summed E-state index contributed by atoms with van der Waals surface area (Å²) in [7, 11) is 0. The van der Waals surface area contributed by atoms with Crippen LogP contribution in [0.2, 0.25) is 0 Å². The summed E-state index contributed by atoms with van der Waals surface area (Å²) in [5.41, 5.74) is 1.66. The number of aryl methyl sites for hydroxylation is 1. The molecule has 4 rings (SSSR count). The molecule has 0 N–H and O–H groups in total. The van der Waals surface area contributed by atoms with Gasteiger partial charge in [-0.05, 0) is 44.0 Å². The van der Waals surface area contributed by atoms with Crippen molar-refractivity contribution in [3.8, 4) is 0 Å². The van der Waals surface area contributed by atoms with Crippen molar-refractivity contribution >= 4 is 28.1 Å². The summed E-state index contributed by atoms with van der Waals surface area (Å²) in [5, 5.41) is 2.17. The maximum atomic E-state index is 12.9. The van der Waals surface area contributed by atoms with Crippen LogP contribution in [0.25, 0.3) is 10.9 Å². The Labute approximate surface area is 145 Å². The van der Waals surface area contributed by atoms with Crippen LogP contribution in [0, 0.1) is 6.92 Å². The molecule has 0 bridgehead atoms. The molecule has 3 heterocycles. The summed E-state index contributed by atoms with van der Waals surface area (Å²) >= 11 is 1.75. The summed E-state index contributed by atoms with van der Waals surface area (Å²) in [6, 6.07) is 9.65. The Bertz CT molecular complexity index is 889. The quantitative estimate of drug-likeness (QED) is 0.709. The van der Waals surface area contributed by atoms with Crippen LogP contribution in [0.5, 0.6) is 0 Å². The van der Waals surface area contributed by atoms with E-state index in [9.17, 15) is 4.79 Å². The summed E-state index contributed by atoms with van der Waals surface area (Å²) in [6.07, 6.45) is 5.84. The fraction of sp³-hybridized carbons (Fsp3) is 0.316. The van der Waals surface area contributed by atoms with Crippen LogP contribution < -0.4 is 0 Å². The van der Waals surface area contributed by atoms with Crippen LogP contribution in [0.3, 0.4) is 0 Å². The number of piperidine rings is 1. The second-order valence-electron chi connectivity index (χ2n) is 6.31. The van der Waals surface area contributed by atoms with Gasteiger partial charge >= 0.3 is 0 Å². The SMILES string of the molecule is Cc1cnc([C@H]2CCCN(C(=O)c3ccc4ncccc4c3)C2)s1. The highest BCUT2D eigenvalue weighted by molar-refractivity contribution is 7.11. The van der Waals surface area contributed by atoms with E-state index in [0.717, 1.165) is 47.4 Å². The molecular weight excluding hydrogens is 318 g/mol. The number of benzene rings is 1. The minimum atomic E-state index is 0.110. The minimum absolute atomic E-state index is 0.110. The number of pyridine rings is 1. The van der Waals surface area contributed by atoms with Gasteiger partial charge in [-0.15, -0.1) is 11.3 Å². The first-order valence-corrected chi connectivity index (χ1v) is 9.09. The third-order valence-corrected chi connectivity index (χ3v) is 5.62. The van der Waals surface area contributed by atoms with Gasteiger partial charge in [0.15, 0.2) is 0 Å². The third kappa shape index (κ3) is 2.91. The van der Waals surface area contributed by atoms with Gasteiger partial charge in [0.05, 0.1) is 10.5 Å². The van der Waals surface area contributed by atoms with E-state index < -0.39 is 0 Å². The fourth-order valence-electron chi connectivity index (χ4n) is 3.32. The molecule has 1 aliphatic heterocycles. The topological polar surface area (TPSA) is 46.1 Å². The molecule has 1 saturated heterocycles. The van der Waals surface area contributed by atoms with Crippen LogP contribution >= 0.6 is 11.3 Å². The van der Waals surface area contributed by atoms with E-state index in [1.54, 1.807) is 17.5 Å². The summed E-state index contributed by atoms with van der Waals surface area (Å²) in [4.78, 5) is 25.0. The van der Waals surface area contributed by atoms with Crippen molar-refractivity contribution in [1.82, 2.24) is 14.9 Å². The number of nitrogens with zero attached hydrogens (tertiary/aromatic N) is 3. The Morgan fingerprint density at radius 1 is 1.29 bits per heavy atom. The minimum Gasteiger partial charge on any atom is -0.338 e. The predicted octanol–water partition coefficient (Wildman–Crippen LogP) is 4.02. The lowest BCUT2D eigenvalue weighted by molar-refractivity contribution is 0.0707. The highest BCUT2D eigenvalue weighted by atomic mass is 32.1. The van der Waals surface area contributed by atoms with Crippen molar-refractivity contribution in [2.45, 2.75) is 25.7 Å². The number of thiazole rings is 1. The fourth-order valence-corrected chi connectivity index (χ4v) is 4.22. The van der Waals surface area contributed by atoms with E-state index in [1.165, 1.54) is 4.88 Å². The Kier molecular flexibility index (Phi) is 4.02. The largest absolute Gasteiger partial charge is 0.338 e. The Balaban J connectivity index is 1.56. The van der Waals surface area contributed by atoms with Gasteiger partial charge in [0.25, 0.3) is 5.91 Å². The lowest BCUT2D eigenvalue weighted by Crippen LogP contribution is -2.39.